The van der Waals surface area contributed by atoms with Crippen LogP contribution in [-0.2, 0) is 0 Å². The van der Waals surface area contributed by atoms with Crippen LogP contribution in [0.1, 0.15) is 24.9 Å². The molecule has 2 aromatic rings. The van der Waals surface area contributed by atoms with Gasteiger partial charge in [-0.05, 0) is 36.2 Å². The highest BCUT2D eigenvalue weighted by atomic mass is 35.5. The first-order valence-corrected chi connectivity index (χ1v) is 7.22. The Bertz CT molecular complexity index is 645. The molecular weight excluding hydrogens is 311 g/mol. The highest BCUT2D eigenvalue weighted by molar-refractivity contribution is 6.33. The molecule has 0 radical (unpaired) electrons. The molecule has 21 heavy (non-hydrogen) atoms. The maximum Gasteiger partial charge on any atom is 0.288 e. The van der Waals surface area contributed by atoms with Gasteiger partial charge in [0.15, 0.2) is 0 Å². The van der Waals surface area contributed by atoms with E-state index in [0.717, 1.165) is 17.7 Å². The number of nitro groups is 1. The van der Waals surface area contributed by atoms with Crippen LogP contribution in [0, 0.1) is 10.1 Å². The lowest BCUT2D eigenvalue weighted by Gasteiger charge is -2.19. The molecule has 0 aromatic heterocycles. The van der Waals surface area contributed by atoms with Gasteiger partial charge in [0, 0.05) is 16.8 Å². The van der Waals surface area contributed by atoms with Crippen molar-refractivity contribution in [1.82, 2.24) is 0 Å². The topological polar surface area (TPSA) is 55.2 Å². The van der Waals surface area contributed by atoms with E-state index in [1.165, 1.54) is 6.07 Å². The van der Waals surface area contributed by atoms with Gasteiger partial charge in [-0.1, -0.05) is 42.3 Å². The molecule has 0 aliphatic heterocycles. The number of benzene rings is 2. The Balaban J connectivity index is 2.20. The van der Waals surface area contributed by atoms with E-state index in [0.29, 0.717) is 5.02 Å². The van der Waals surface area contributed by atoms with E-state index in [-0.39, 0.29) is 16.8 Å². The van der Waals surface area contributed by atoms with Gasteiger partial charge in [-0.25, -0.2) is 0 Å². The molecule has 0 aliphatic rings. The van der Waals surface area contributed by atoms with Crippen molar-refractivity contribution in [3.05, 3.63) is 68.2 Å². The molecule has 6 heteroatoms. The highest BCUT2D eigenvalue weighted by Crippen LogP contribution is 2.30. The summed E-state index contributed by atoms with van der Waals surface area (Å²) in [6, 6.07) is 12.3. The van der Waals surface area contributed by atoms with Gasteiger partial charge in [0.1, 0.15) is 5.02 Å². The first-order valence-electron chi connectivity index (χ1n) is 6.47. The number of anilines is 1. The van der Waals surface area contributed by atoms with Crippen molar-refractivity contribution in [2.45, 2.75) is 19.4 Å². The molecule has 0 fully saturated rings. The lowest BCUT2D eigenvalue weighted by atomic mass is 10.0. The van der Waals surface area contributed by atoms with Gasteiger partial charge in [-0.3, -0.25) is 10.1 Å². The van der Waals surface area contributed by atoms with Gasteiger partial charge < -0.3 is 5.32 Å². The largest absolute Gasteiger partial charge is 0.378 e. The summed E-state index contributed by atoms with van der Waals surface area (Å²) in [6.45, 7) is 2.05. The minimum Gasteiger partial charge on any atom is -0.378 e. The SMILES string of the molecule is CCC(Nc1ccc([N+](=O)[O-])c(Cl)c1)c1ccc(Cl)cc1. The van der Waals surface area contributed by atoms with Crippen LogP contribution in [0.15, 0.2) is 42.5 Å². The summed E-state index contributed by atoms with van der Waals surface area (Å²) in [4.78, 5) is 10.3. The van der Waals surface area contributed by atoms with Crippen LogP contribution in [0.25, 0.3) is 0 Å². The zero-order valence-corrected chi connectivity index (χ0v) is 12.9. The van der Waals surface area contributed by atoms with Crippen LogP contribution in [0.5, 0.6) is 0 Å². The summed E-state index contributed by atoms with van der Waals surface area (Å²) in [6.07, 6.45) is 0.857. The lowest BCUT2D eigenvalue weighted by Crippen LogP contribution is -2.09. The van der Waals surface area contributed by atoms with E-state index in [4.69, 9.17) is 23.2 Å². The number of nitrogens with zero attached hydrogens (tertiary/aromatic N) is 1. The van der Waals surface area contributed by atoms with Gasteiger partial charge in [-0.15, -0.1) is 0 Å². The molecule has 0 saturated heterocycles. The number of halogens is 2. The van der Waals surface area contributed by atoms with Crippen LogP contribution in [-0.4, -0.2) is 4.92 Å². The summed E-state index contributed by atoms with van der Waals surface area (Å²) >= 11 is 11.8. The van der Waals surface area contributed by atoms with Gasteiger partial charge in [-0.2, -0.15) is 0 Å². The summed E-state index contributed by atoms with van der Waals surface area (Å²) in [5, 5.41) is 14.9. The maximum atomic E-state index is 10.8. The molecule has 0 aliphatic carbocycles. The zero-order chi connectivity index (χ0) is 15.4. The Morgan fingerprint density at radius 3 is 2.38 bits per heavy atom. The molecule has 2 rings (SSSR count). The fourth-order valence-corrected chi connectivity index (χ4v) is 2.44. The first-order chi connectivity index (χ1) is 10.0. The van der Waals surface area contributed by atoms with Crippen molar-refractivity contribution in [2.24, 2.45) is 0 Å². The number of hydrogen-bond donors (Lipinski definition) is 1. The van der Waals surface area contributed by atoms with Crippen LogP contribution in [0.2, 0.25) is 10.0 Å². The molecule has 0 amide bonds. The molecule has 0 bridgehead atoms. The van der Waals surface area contributed by atoms with Crippen LogP contribution >= 0.6 is 23.2 Å². The minimum absolute atomic E-state index is 0.0831. The Morgan fingerprint density at radius 1 is 1.19 bits per heavy atom. The second kappa shape index (κ2) is 6.78. The number of hydrogen-bond acceptors (Lipinski definition) is 3. The van der Waals surface area contributed by atoms with Crippen LogP contribution < -0.4 is 5.32 Å². The molecule has 1 atom stereocenters. The second-order valence-electron chi connectivity index (χ2n) is 4.58. The fourth-order valence-electron chi connectivity index (χ4n) is 2.06. The third-order valence-corrected chi connectivity index (χ3v) is 3.72. The number of nitrogens with one attached hydrogen (secondary N) is 1. The van der Waals surface area contributed by atoms with Crippen molar-refractivity contribution in [3.63, 3.8) is 0 Å². The summed E-state index contributed by atoms with van der Waals surface area (Å²) in [5.41, 5.74) is 1.74. The van der Waals surface area contributed by atoms with E-state index < -0.39 is 4.92 Å². The maximum absolute atomic E-state index is 10.8. The Morgan fingerprint density at radius 2 is 1.86 bits per heavy atom. The van der Waals surface area contributed by atoms with E-state index in [1.807, 2.05) is 24.3 Å². The molecule has 0 heterocycles. The standard InChI is InChI=1S/C15H14Cl2N2O2/c1-2-14(10-3-5-11(16)6-4-10)18-12-7-8-15(19(20)21)13(17)9-12/h3-9,14,18H,2H2,1H3. The number of rotatable bonds is 5. The quantitative estimate of drug-likeness (QED) is 0.586. The van der Waals surface area contributed by atoms with E-state index in [2.05, 4.69) is 12.2 Å². The molecule has 110 valence electrons. The minimum atomic E-state index is -0.497. The van der Waals surface area contributed by atoms with E-state index in [1.54, 1.807) is 12.1 Å². The number of nitro benzene ring substituents is 1. The normalized spacial score (nSPS) is 12.0. The van der Waals surface area contributed by atoms with Crippen molar-refractivity contribution < 1.29 is 4.92 Å². The van der Waals surface area contributed by atoms with Gasteiger partial charge in [0.2, 0.25) is 0 Å². The fraction of sp³-hybridized carbons (Fsp3) is 0.200. The molecule has 1 N–H and O–H groups in total. The monoisotopic (exact) mass is 324 g/mol. The predicted octanol–water partition coefficient (Wildman–Crippen LogP) is 5.46. The van der Waals surface area contributed by atoms with Crippen molar-refractivity contribution in [3.8, 4) is 0 Å². The van der Waals surface area contributed by atoms with Crippen LogP contribution in [0.4, 0.5) is 11.4 Å². The molecule has 0 spiro atoms. The lowest BCUT2D eigenvalue weighted by molar-refractivity contribution is -0.384. The highest BCUT2D eigenvalue weighted by Gasteiger charge is 2.14. The smallest absolute Gasteiger partial charge is 0.288 e. The molecule has 2 aromatic carbocycles. The van der Waals surface area contributed by atoms with Gasteiger partial charge >= 0.3 is 0 Å². The van der Waals surface area contributed by atoms with Crippen molar-refractivity contribution in [1.29, 1.82) is 0 Å². The third-order valence-electron chi connectivity index (χ3n) is 3.17. The Labute approximate surface area is 132 Å². The summed E-state index contributed by atoms with van der Waals surface area (Å²) in [5.74, 6) is 0. The molecule has 0 saturated carbocycles. The summed E-state index contributed by atoms with van der Waals surface area (Å²) < 4.78 is 0. The van der Waals surface area contributed by atoms with E-state index in [9.17, 15) is 10.1 Å². The van der Waals surface area contributed by atoms with Crippen molar-refractivity contribution >= 4 is 34.6 Å². The third kappa shape index (κ3) is 3.86. The van der Waals surface area contributed by atoms with Crippen LogP contribution in [0.3, 0.4) is 0 Å². The average molecular weight is 325 g/mol. The van der Waals surface area contributed by atoms with Gasteiger partial charge in [0.25, 0.3) is 5.69 Å². The molecule has 4 nitrogen and oxygen atoms in total. The van der Waals surface area contributed by atoms with Crippen molar-refractivity contribution in [2.75, 3.05) is 5.32 Å². The average Bonchev–Trinajstić information content (AvgIpc) is 2.45. The predicted molar refractivity (Wildman–Crippen MR) is 86.2 cm³/mol. The first kappa shape index (κ1) is 15.6. The Kier molecular flexibility index (Phi) is 5.04. The summed E-state index contributed by atoms with van der Waals surface area (Å²) in [7, 11) is 0. The second-order valence-corrected chi connectivity index (χ2v) is 5.42. The van der Waals surface area contributed by atoms with Gasteiger partial charge in [0.05, 0.1) is 11.0 Å². The Hall–Kier alpha value is -1.78. The zero-order valence-electron chi connectivity index (χ0n) is 11.3. The molecular formula is C15H14Cl2N2O2. The molecule has 1 unspecified atom stereocenters. The van der Waals surface area contributed by atoms with E-state index >= 15 is 0 Å².